The summed E-state index contributed by atoms with van der Waals surface area (Å²) in [6, 6.07) is 10.4. The van der Waals surface area contributed by atoms with E-state index in [1.807, 2.05) is 0 Å². The van der Waals surface area contributed by atoms with Crippen molar-refractivity contribution in [3.8, 4) is 6.07 Å². The Balaban J connectivity index is 2.40. The van der Waals surface area contributed by atoms with E-state index in [4.69, 9.17) is 16.9 Å². The van der Waals surface area contributed by atoms with Crippen LogP contribution >= 0.6 is 11.6 Å². The molecular formula is C15H8ClF2NO. The summed E-state index contributed by atoms with van der Waals surface area (Å²) in [5.74, 6) is -3.56. The SMILES string of the molecule is N#CC(C(=O)c1ccc(Cl)cc1)c1ccc(F)cc1F. The van der Waals surface area contributed by atoms with Crippen molar-refractivity contribution in [1.82, 2.24) is 0 Å². The molecule has 0 saturated heterocycles. The van der Waals surface area contributed by atoms with Gasteiger partial charge in [0, 0.05) is 22.2 Å². The zero-order chi connectivity index (χ0) is 14.7. The highest BCUT2D eigenvalue weighted by atomic mass is 35.5. The van der Waals surface area contributed by atoms with Crippen molar-refractivity contribution in [3.05, 3.63) is 70.2 Å². The predicted octanol–water partition coefficient (Wildman–Crippen LogP) is 4.11. The fraction of sp³-hybridized carbons (Fsp3) is 0.0667. The van der Waals surface area contributed by atoms with E-state index in [0.717, 1.165) is 12.1 Å². The molecule has 20 heavy (non-hydrogen) atoms. The highest BCUT2D eigenvalue weighted by Crippen LogP contribution is 2.24. The number of rotatable bonds is 3. The normalized spacial score (nSPS) is 11.7. The zero-order valence-corrected chi connectivity index (χ0v) is 10.9. The third-order valence-electron chi connectivity index (χ3n) is 2.79. The molecule has 100 valence electrons. The molecule has 5 heteroatoms. The number of nitriles is 1. The van der Waals surface area contributed by atoms with E-state index in [2.05, 4.69) is 0 Å². The summed E-state index contributed by atoms with van der Waals surface area (Å²) in [6.45, 7) is 0. The highest BCUT2D eigenvalue weighted by Gasteiger charge is 2.24. The van der Waals surface area contributed by atoms with Gasteiger partial charge in [0.1, 0.15) is 17.6 Å². The maximum absolute atomic E-state index is 13.7. The van der Waals surface area contributed by atoms with Crippen LogP contribution in [0.15, 0.2) is 42.5 Å². The van der Waals surface area contributed by atoms with Crippen LogP contribution in [0.25, 0.3) is 0 Å². The minimum atomic E-state index is -1.32. The van der Waals surface area contributed by atoms with Gasteiger partial charge in [0.05, 0.1) is 6.07 Å². The van der Waals surface area contributed by atoms with E-state index in [1.54, 1.807) is 6.07 Å². The molecule has 0 N–H and O–H groups in total. The third kappa shape index (κ3) is 2.84. The first-order valence-corrected chi connectivity index (χ1v) is 6.05. The Hall–Kier alpha value is -2.25. The Morgan fingerprint density at radius 2 is 1.80 bits per heavy atom. The maximum Gasteiger partial charge on any atom is 0.184 e. The summed E-state index contributed by atoms with van der Waals surface area (Å²) in [5.41, 5.74) is 0.0959. The van der Waals surface area contributed by atoms with E-state index >= 15 is 0 Å². The van der Waals surface area contributed by atoms with E-state index < -0.39 is 23.3 Å². The molecule has 1 atom stereocenters. The van der Waals surface area contributed by atoms with Crippen LogP contribution in [0.5, 0.6) is 0 Å². The van der Waals surface area contributed by atoms with Crippen LogP contribution in [0, 0.1) is 23.0 Å². The zero-order valence-electron chi connectivity index (χ0n) is 10.1. The summed E-state index contributed by atoms with van der Waals surface area (Å²) >= 11 is 5.71. The number of Topliss-reactive ketones (excluding diaryl/α,β-unsaturated/α-hetero) is 1. The number of carbonyl (C=O) groups is 1. The van der Waals surface area contributed by atoms with Gasteiger partial charge in [0.2, 0.25) is 0 Å². The molecule has 0 radical (unpaired) electrons. The molecule has 0 aliphatic carbocycles. The van der Waals surface area contributed by atoms with Crippen molar-refractivity contribution in [2.24, 2.45) is 0 Å². The topological polar surface area (TPSA) is 40.9 Å². The van der Waals surface area contributed by atoms with Crippen LogP contribution in [0.2, 0.25) is 5.02 Å². The molecule has 1 unspecified atom stereocenters. The fourth-order valence-corrected chi connectivity index (χ4v) is 1.91. The van der Waals surface area contributed by atoms with Crippen molar-refractivity contribution < 1.29 is 13.6 Å². The molecular weight excluding hydrogens is 284 g/mol. The molecule has 0 spiro atoms. The smallest absolute Gasteiger partial charge is 0.184 e. The lowest BCUT2D eigenvalue weighted by molar-refractivity contribution is 0.0977. The molecule has 0 aromatic heterocycles. The van der Waals surface area contributed by atoms with Crippen molar-refractivity contribution in [1.29, 1.82) is 5.26 Å². The molecule has 0 bridgehead atoms. The molecule has 0 heterocycles. The third-order valence-corrected chi connectivity index (χ3v) is 3.05. The van der Waals surface area contributed by atoms with Gasteiger partial charge in [-0.1, -0.05) is 17.7 Å². The summed E-state index contributed by atoms with van der Waals surface area (Å²) in [5, 5.41) is 9.55. The monoisotopic (exact) mass is 291 g/mol. The van der Waals surface area contributed by atoms with Gasteiger partial charge in [-0.15, -0.1) is 0 Å². The van der Waals surface area contributed by atoms with Crippen LogP contribution in [-0.4, -0.2) is 5.78 Å². The fourth-order valence-electron chi connectivity index (χ4n) is 1.79. The molecule has 0 saturated carbocycles. The summed E-state index contributed by atoms with van der Waals surface area (Å²) in [7, 11) is 0. The minimum absolute atomic E-state index is 0.145. The second-order valence-electron chi connectivity index (χ2n) is 4.10. The number of hydrogen-bond donors (Lipinski definition) is 0. The van der Waals surface area contributed by atoms with Crippen LogP contribution in [0.1, 0.15) is 21.8 Å². The molecule has 0 amide bonds. The molecule has 2 aromatic carbocycles. The Labute approximate surface area is 119 Å². The maximum atomic E-state index is 13.7. The largest absolute Gasteiger partial charge is 0.292 e. The Morgan fingerprint density at radius 1 is 1.15 bits per heavy atom. The van der Waals surface area contributed by atoms with Gasteiger partial charge in [-0.3, -0.25) is 4.79 Å². The van der Waals surface area contributed by atoms with E-state index in [0.29, 0.717) is 11.1 Å². The van der Waals surface area contributed by atoms with Gasteiger partial charge in [0.15, 0.2) is 5.78 Å². The lowest BCUT2D eigenvalue weighted by atomic mass is 9.91. The molecule has 0 fully saturated rings. The number of nitrogens with zero attached hydrogens (tertiary/aromatic N) is 1. The quantitative estimate of drug-likeness (QED) is 0.799. The van der Waals surface area contributed by atoms with E-state index in [9.17, 15) is 13.6 Å². The average molecular weight is 292 g/mol. The number of carbonyl (C=O) groups excluding carboxylic acids is 1. The second-order valence-corrected chi connectivity index (χ2v) is 4.54. The first kappa shape index (κ1) is 14.2. The first-order valence-electron chi connectivity index (χ1n) is 5.67. The molecule has 2 aromatic rings. The predicted molar refractivity (Wildman–Crippen MR) is 70.5 cm³/mol. The lowest BCUT2D eigenvalue weighted by Crippen LogP contribution is -2.13. The van der Waals surface area contributed by atoms with Crippen LogP contribution < -0.4 is 0 Å². The van der Waals surface area contributed by atoms with Crippen molar-refractivity contribution in [2.75, 3.05) is 0 Å². The molecule has 2 nitrogen and oxygen atoms in total. The Morgan fingerprint density at radius 3 is 2.35 bits per heavy atom. The summed E-state index contributed by atoms with van der Waals surface area (Å²) in [6.07, 6.45) is 0. The van der Waals surface area contributed by atoms with Gasteiger partial charge < -0.3 is 0 Å². The standard InChI is InChI=1S/C15H8ClF2NO/c16-10-3-1-9(2-4-10)15(20)13(8-19)12-6-5-11(17)7-14(12)18/h1-7,13H. The lowest BCUT2D eigenvalue weighted by Gasteiger charge is -2.10. The van der Waals surface area contributed by atoms with E-state index in [-0.39, 0.29) is 11.1 Å². The van der Waals surface area contributed by atoms with E-state index in [1.165, 1.54) is 24.3 Å². The van der Waals surface area contributed by atoms with Gasteiger partial charge >= 0.3 is 0 Å². The van der Waals surface area contributed by atoms with Crippen molar-refractivity contribution >= 4 is 17.4 Å². The van der Waals surface area contributed by atoms with Crippen LogP contribution in [0.4, 0.5) is 8.78 Å². The van der Waals surface area contributed by atoms with Gasteiger partial charge in [0.25, 0.3) is 0 Å². The second kappa shape index (κ2) is 5.81. The number of benzene rings is 2. The summed E-state index contributed by atoms with van der Waals surface area (Å²) in [4.78, 5) is 12.2. The van der Waals surface area contributed by atoms with Crippen molar-refractivity contribution in [3.63, 3.8) is 0 Å². The number of halogens is 3. The average Bonchev–Trinajstić information content (AvgIpc) is 2.42. The highest BCUT2D eigenvalue weighted by molar-refractivity contribution is 6.30. The van der Waals surface area contributed by atoms with Gasteiger partial charge in [-0.05, 0) is 30.3 Å². The molecule has 0 aliphatic rings. The van der Waals surface area contributed by atoms with Crippen LogP contribution in [0.3, 0.4) is 0 Å². The number of ketones is 1. The summed E-state index contributed by atoms with van der Waals surface area (Å²) < 4.78 is 26.5. The molecule has 2 rings (SSSR count). The number of hydrogen-bond acceptors (Lipinski definition) is 2. The van der Waals surface area contributed by atoms with Crippen molar-refractivity contribution in [2.45, 2.75) is 5.92 Å². The first-order chi connectivity index (χ1) is 9.52. The Kier molecular flexibility index (Phi) is 4.11. The molecule has 0 aliphatic heterocycles. The van der Waals surface area contributed by atoms with Gasteiger partial charge in [-0.25, -0.2) is 8.78 Å². The van der Waals surface area contributed by atoms with Crippen LogP contribution in [-0.2, 0) is 0 Å². The van der Waals surface area contributed by atoms with Gasteiger partial charge in [-0.2, -0.15) is 5.26 Å². The Bertz CT molecular complexity index is 692. The minimum Gasteiger partial charge on any atom is -0.292 e.